The van der Waals surface area contributed by atoms with Gasteiger partial charge < -0.3 is 0 Å². The number of rotatable bonds is 2. The minimum absolute atomic E-state index is 0.887. The molecule has 0 aromatic rings. The van der Waals surface area contributed by atoms with Gasteiger partial charge in [-0.1, -0.05) is 18.2 Å². The van der Waals surface area contributed by atoms with E-state index >= 15 is 0 Å². The molecule has 0 spiro atoms. The van der Waals surface area contributed by atoms with Crippen molar-refractivity contribution in [3.8, 4) is 0 Å². The molecular weight excluding hydrogens is 156 g/mol. The van der Waals surface area contributed by atoms with Crippen molar-refractivity contribution in [3.05, 3.63) is 34.9 Å². The lowest BCUT2D eigenvalue weighted by molar-refractivity contribution is 0.948. The molecule has 0 N–H and O–H groups in total. The zero-order valence-corrected chi connectivity index (χ0v) is 8.64. The highest BCUT2D eigenvalue weighted by Gasteiger charge is 2.28. The molecule has 0 heteroatoms. The molecule has 2 aliphatic rings. The van der Waals surface area contributed by atoms with Gasteiger partial charge in [0.15, 0.2) is 0 Å². The van der Waals surface area contributed by atoms with E-state index < -0.39 is 0 Å². The Bertz CT molecular complexity index is 285. The van der Waals surface area contributed by atoms with Crippen LogP contribution < -0.4 is 0 Å². The molecule has 2 aliphatic carbocycles. The van der Waals surface area contributed by atoms with Gasteiger partial charge in [-0.25, -0.2) is 0 Å². The van der Waals surface area contributed by atoms with Crippen LogP contribution in [0.4, 0.5) is 0 Å². The first-order valence-electron chi connectivity index (χ1n) is 5.37. The molecule has 0 aromatic heterocycles. The Labute approximate surface area is 81.0 Å². The first-order valence-corrected chi connectivity index (χ1v) is 5.37. The largest absolute Gasteiger partial charge is 0.0836 e. The van der Waals surface area contributed by atoms with Crippen molar-refractivity contribution in [3.63, 3.8) is 0 Å². The molecule has 13 heavy (non-hydrogen) atoms. The van der Waals surface area contributed by atoms with E-state index in [4.69, 9.17) is 0 Å². The summed E-state index contributed by atoms with van der Waals surface area (Å²) in [6.45, 7) is 4.42. The molecular formula is C13H18. The molecule has 2 rings (SSSR count). The monoisotopic (exact) mass is 174 g/mol. The Balaban J connectivity index is 2.22. The van der Waals surface area contributed by atoms with Crippen molar-refractivity contribution in [1.82, 2.24) is 0 Å². The van der Waals surface area contributed by atoms with Gasteiger partial charge >= 0.3 is 0 Å². The molecule has 0 aromatic carbocycles. The lowest BCUT2D eigenvalue weighted by Crippen LogP contribution is -1.97. The van der Waals surface area contributed by atoms with Gasteiger partial charge in [0.25, 0.3) is 0 Å². The van der Waals surface area contributed by atoms with E-state index in [1.54, 1.807) is 5.57 Å². The van der Waals surface area contributed by atoms with Crippen molar-refractivity contribution >= 4 is 0 Å². The van der Waals surface area contributed by atoms with Crippen LogP contribution in [0, 0.1) is 5.92 Å². The first kappa shape index (κ1) is 8.80. The zero-order chi connectivity index (χ0) is 9.26. The minimum atomic E-state index is 0.887. The maximum atomic E-state index is 2.42. The third-order valence-electron chi connectivity index (χ3n) is 3.03. The highest BCUT2D eigenvalue weighted by molar-refractivity contribution is 5.49. The second kappa shape index (κ2) is 3.53. The second-order valence-electron chi connectivity index (χ2n) is 4.10. The summed E-state index contributed by atoms with van der Waals surface area (Å²) in [6, 6.07) is 0. The molecule has 0 aliphatic heterocycles. The molecule has 0 radical (unpaired) electrons. The summed E-state index contributed by atoms with van der Waals surface area (Å²) < 4.78 is 0. The molecule has 70 valence electrons. The fourth-order valence-corrected chi connectivity index (χ4v) is 2.15. The van der Waals surface area contributed by atoms with Gasteiger partial charge in [0.2, 0.25) is 0 Å². The quantitative estimate of drug-likeness (QED) is 0.593. The Morgan fingerprint density at radius 3 is 2.54 bits per heavy atom. The van der Waals surface area contributed by atoms with Crippen LogP contribution in [0.5, 0.6) is 0 Å². The first-order chi connectivity index (χ1) is 6.33. The van der Waals surface area contributed by atoms with Crippen LogP contribution in [-0.4, -0.2) is 0 Å². The van der Waals surface area contributed by atoms with Gasteiger partial charge in [-0.05, 0) is 62.2 Å². The van der Waals surface area contributed by atoms with E-state index in [1.165, 1.54) is 36.8 Å². The minimum Gasteiger partial charge on any atom is -0.0836 e. The number of allylic oxidation sites excluding steroid dienone is 6. The summed E-state index contributed by atoms with van der Waals surface area (Å²) in [5.74, 6) is 0.887. The summed E-state index contributed by atoms with van der Waals surface area (Å²) in [5, 5.41) is 0. The smallest absolute Gasteiger partial charge is 0.0159 e. The van der Waals surface area contributed by atoms with Crippen LogP contribution in [0.1, 0.15) is 39.5 Å². The maximum absolute atomic E-state index is 2.42. The molecule has 1 saturated carbocycles. The predicted molar refractivity (Wildman–Crippen MR) is 57.6 cm³/mol. The van der Waals surface area contributed by atoms with Crippen molar-refractivity contribution < 1.29 is 0 Å². The van der Waals surface area contributed by atoms with E-state index in [0.29, 0.717) is 0 Å². The normalized spacial score (nSPS) is 24.0. The molecule has 0 bridgehead atoms. The molecule has 0 saturated heterocycles. The van der Waals surface area contributed by atoms with Crippen molar-refractivity contribution in [2.75, 3.05) is 0 Å². The van der Waals surface area contributed by atoms with Gasteiger partial charge in [0.05, 0.1) is 0 Å². The molecule has 0 amide bonds. The van der Waals surface area contributed by atoms with Crippen LogP contribution in [0.2, 0.25) is 0 Å². The molecule has 0 nitrogen and oxygen atoms in total. The summed E-state index contributed by atoms with van der Waals surface area (Å²) in [6.07, 6.45) is 12.4. The van der Waals surface area contributed by atoms with Gasteiger partial charge in [0.1, 0.15) is 0 Å². The Morgan fingerprint density at radius 1 is 1.31 bits per heavy atom. The number of hydrogen-bond acceptors (Lipinski definition) is 0. The molecule has 1 fully saturated rings. The summed E-state index contributed by atoms with van der Waals surface area (Å²) >= 11 is 0. The van der Waals surface area contributed by atoms with Crippen LogP contribution in [0.25, 0.3) is 0 Å². The van der Waals surface area contributed by atoms with Crippen LogP contribution in [0.15, 0.2) is 34.9 Å². The van der Waals surface area contributed by atoms with Crippen molar-refractivity contribution in [2.24, 2.45) is 5.92 Å². The third-order valence-corrected chi connectivity index (χ3v) is 3.03. The summed E-state index contributed by atoms with van der Waals surface area (Å²) in [7, 11) is 0. The highest BCUT2D eigenvalue weighted by atomic mass is 14.3. The Hall–Kier alpha value is -0.780. The van der Waals surface area contributed by atoms with E-state index in [-0.39, 0.29) is 0 Å². The van der Waals surface area contributed by atoms with E-state index in [0.717, 1.165) is 5.92 Å². The van der Waals surface area contributed by atoms with Crippen LogP contribution >= 0.6 is 0 Å². The summed E-state index contributed by atoms with van der Waals surface area (Å²) in [5.41, 5.74) is 4.64. The Kier molecular flexibility index (Phi) is 2.39. The molecule has 0 heterocycles. The third kappa shape index (κ3) is 1.77. The van der Waals surface area contributed by atoms with Crippen LogP contribution in [0.3, 0.4) is 0 Å². The number of hydrogen-bond donors (Lipinski definition) is 0. The van der Waals surface area contributed by atoms with Crippen LogP contribution in [-0.2, 0) is 0 Å². The zero-order valence-electron chi connectivity index (χ0n) is 8.64. The topological polar surface area (TPSA) is 0 Å². The lowest BCUT2D eigenvalue weighted by atomic mass is 9.90. The standard InChI is InChI=1S/C13H18/c1-3-12(11-8-9-11)13-7-5-4-6-10(13)2/h3,6-7,11H,4-5,8-9H2,1-2H3/b12-3-. The van der Waals surface area contributed by atoms with E-state index in [2.05, 4.69) is 32.1 Å². The van der Waals surface area contributed by atoms with Gasteiger partial charge in [0, 0.05) is 0 Å². The average molecular weight is 174 g/mol. The van der Waals surface area contributed by atoms with E-state index in [9.17, 15) is 0 Å². The molecule has 0 unspecified atom stereocenters. The van der Waals surface area contributed by atoms with Gasteiger partial charge in [-0.3, -0.25) is 0 Å². The Morgan fingerprint density at radius 2 is 2.00 bits per heavy atom. The molecule has 0 atom stereocenters. The fourth-order valence-electron chi connectivity index (χ4n) is 2.15. The summed E-state index contributed by atoms with van der Waals surface area (Å²) in [4.78, 5) is 0. The van der Waals surface area contributed by atoms with E-state index in [1.807, 2.05) is 0 Å². The maximum Gasteiger partial charge on any atom is -0.0159 e. The van der Waals surface area contributed by atoms with Crippen molar-refractivity contribution in [2.45, 2.75) is 39.5 Å². The highest BCUT2D eigenvalue weighted by Crippen LogP contribution is 2.42. The van der Waals surface area contributed by atoms with Gasteiger partial charge in [-0.2, -0.15) is 0 Å². The van der Waals surface area contributed by atoms with Crippen molar-refractivity contribution in [1.29, 1.82) is 0 Å². The second-order valence-corrected chi connectivity index (χ2v) is 4.10. The average Bonchev–Trinajstić information content (AvgIpc) is 2.93. The fraction of sp³-hybridized carbons (Fsp3) is 0.538. The SMILES string of the molecule is C/C=C(\C1=CCCC=C1C)C1CC1. The van der Waals surface area contributed by atoms with Gasteiger partial charge in [-0.15, -0.1) is 0 Å². The lowest BCUT2D eigenvalue weighted by Gasteiger charge is -2.15. The predicted octanol–water partition coefficient (Wildman–Crippen LogP) is 4.01.